The number of hydrogen-bond donors (Lipinski definition) is 1. The average molecular weight is 281 g/mol. The third-order valence-electron chi connectivity index (χ3n) is 2.55. The van der Waals surface area contributed by atoms with Crippen LogP contribution in [0.25, 0.3) is 0 Å². The molecule has 1 unspecified atom stereocenters. The Morgan fingerprint density at radius 1 is 0.857 bits per heavy atom. The number of halogens is 1. The highest BCUT2D eigenvalue weighted by molar-refractivity contribution is 9.11. The maximum absolute atomic E-state index is 4.30. The molecule has 0 nitrogen and oxygen atoms in total. The summed E-state index contributed by atoms with van der Waals surface area (Å²) in [6, 6.07) is 0. The van der Waals surface area contributed by atoms with E-state index in [4.69, 9.17) is 0 Å². The van der Waals surface area contributed by atoms with Crippen LogP contribution < -0.4 is 0 Å². The molecule has 0 saturated carbocycles. The van der Waals surface area contributed by atoms with Crippen LogP contribution in [0.15, 0.2) is 0 Å². The van der Waals surface area contributed by atoms with Gasteiger partial charge in [0.05, 0.1) is 4.16 Å². The summed E-state index contributed by atoms with van der Waals surface area (Å²) in [6.07, 6.45) is 13.9. The lowest BCUT2D eigenvalue weighted by Crippen LogP contribution is -1.86. The van der Waals surface area contributed by atoms with Crippen LogP contribution in [0.3, 0.4) is 0 Å². The molecule has 14 heavy (non-hydrogen) atoms. The molecule has 0 aliphatic carbocycles. The zero-order valence-electron chi connectivity index (χ0n) is 9.47. The molecule has 0 aliphatic rings. The predicted octanol–water partition coefficient (Wildman–Crippen LogP) is 5.56. The van der Waals surface area contributed by atoms with Crippen LogP contribution in [0.5, 0.6) is 0 Å². The Hall–Kier alpha value is 0.830. The SMILES string of the molecule is CCCCCCCCCCCC(S)Br. The van der Waals surface area contributed by atoms with Crippen LogP contribution >= 0.6 is 28.6 Å². The Bertz CT molecular complexity index is 104. The van der Waals surface area contributed by atoms with E-state index in [0.717, 1.165) is 0 Å². The number of thiol groups is 1. The average Bonchev–Trinajstić information content (AvgIpc) is 2.15. The largest absolute Gasteiger partial charge is 0.164 e. The fraction of sp³-hybridized carbons (Fsp3) is 1.00. The molecular weight excluding hydrogens is 256 g/mol. The van der Waals surface area contributed by atoms with Crippen molar-refractivity contribution in [3.63, 3.8) is 0 Å². The van der Waals surface area contributed by atoms with Gasteiger partial charge in [0.1, 0.15) is 0 Å². The summed E-state index contributed by atoms with van der Waals surface area (Å²) in [5, 5.41) is 0. The van der Waals surface area contributed by atoms with Crippen molar-refractivity contribution >= 4 is 28.6 Å². The summed E-state index contributed by atoms with van der Waals surface area (Å²) in [5.41, 5.74) is 0. The smallest absolute Gasteiger partial charge is 0.0570 e. The highest BCUT2D eigenvalue weighted by atomic mass is 79.9. The van der Waals surface area contributed by atoms with E-state index in [1.807, 2.05) is 0 Å². The summed E-state index contributed by atoms with van der Waals surface area (Å²) < 4.78 is 0.409. The van der Waals surface area contributed by atoms with Gasteiger partial charge in [-0.15, -0.1) is 0 Å². The fourth-order valence-electron chi connectivity index (χ4n) is 1.62. The normalized spacial score (nSPS) is 13.1. The molecule has 0 aromatic rings. The Balaban J connectivity index is 2.85. The Morgan fingerprint density at radius 3 is 1.71 bits per heavy atom. The zero-order valence-corrected chi connectivity index (χ0v) is 12.0. The second-order valence-electron chi connectivity index (χ2n) is 4.05. The van der Waals surface area contributed by atoms with E-state index in [9.17, 15) is 0 Å². The molecule has 0 aromatic carbocycles. The Kier molecular flexibility index (Phi) is 12.6. The Morgan fingerprint density at radius 2 is 1.29 bits per heavy atom. The molecule has 0 N–H and O–H groups in total. The van der Waals surface area contributed by atoms with Gasteiger partial charge < -0.3 is 0 Å². The second-order valence-corrected chi connectivity index (χ2v) is 6.49. The van der Waals surface area contributed by atoms with Crippen molar-refractivity contribution in [1.82, 2.24) is 0 Å². The van der Waals surface area contributed by atoms with Crippen molar-refractivity contribution in [3.8, 4) is 0 Å². The number of rotatable bonds is 10. The van der Waals surface area contributed by atoms with Gasteiger partial charge >= 0.3 is 0 Å². The molecule has 0 heterocycles. The van der Waals surface area contributed by atoms with Gasteiger partial charge in [0.2, 0.25) is 0 Å². The predicted molar refractivity (Wildman–Crippen MR) is 73.5 cm³/mol. The van der Waals surface area contributed by atoms with Crippen molar-refractivity contribution in [2.75, 3.05) is 0 Å². The first-order chi connectivity index (χ1) is 6.77. The van der Waals surface area contributed by atoms with Crippen molar-refractivity contribution in [1.29, 1.82) is 0 Å². The molecule has 2 heteroatoms. The number of unbranched alkanes of at least 4 members (excludes halogenated alkanes) is 8. The van der Waals surface area contributed by atoms with Gasteiger partial charge in [-0.3, -0.25) is 0 Å². The molecular formula is C12H25BrS. The molecule has 0 bridgehead atoms. The van der Waals surface area contributed by atoms with Gasteiger partial charge in [-0.2, -0.15) is 12.6 Å². The van der Waals surface area contributed by atoms with Gasteiger partial charge in [0.25, 0.3) is 0 Å². The summed E-state index contributed by atoms with van der Waals surface area (Å²) in [5.74, 6) is 0. The van der Waals surface area contributed by atoms with Gasteiger partial charge in [0, 0.05) is 0 Å². The monoisotopic (exact) mass is 280 g/mol. The van der Waals surface area contributed by atoms with Crippen LogP contribution in [-0.4, -0.2) is 4.16 Å². The van der Waals surface area contributed by atoms with Crippen molar-refractivity contribution < 1.29 is 0 Å². The first kappa shape index (κ1) is 14.8. The molecule has 0 fully saturated rings. The van der Waals surface area contributed by atoms with Crippen molar-refractivity contribution in [2.45, 2.75) is 75.3 Å². The third-order valence-corrected chi connectivity index (χ3v) is 3.26. The van der Waals surface area contributed by atoms with E-state index in [1.165, 1.54) is 64.2 Å². The van der Waals surface area contributed by atoms with E-state index < -0.39 is 0 Å². The molecule has 0 aliphatic heterocycles. The highest BCUT2D eigenvalue weighted by Gasteiger charge is 1.96. The van der Waals surface area contributed by atoms with Gasteiger partial charge in [-0.05, 0) is 6.42 Å². The maximum atomic E-state index is 4.30. The van der Waals surface area contributed by atoms with Crippen LogP contribution in [0, 0.1) is 0 Å². The van der Waals surface area contributed by atoms with E-state index in [-0.39, 0.29) is 0 Å². The summed E-state index contributed by atoms with van der Waals surface area (Å²) in [7, 11) is 0. The molecule has 86 valence electrons. The quantitative estimate of drug-likeness (QED) is 0.302. The fourth-order valence-corrected chi connectivity index (χ4v) is 2.13. The second kappa shape index (κ2) is 11.9. The summed E-state index contributed by atoms with van der Waals surface area (Å²) >= 11 is 7.75. The molecule has 1 atom stereocenters. The van der Waals surface area contributed by atoms with E-state index in [2.05, 4.69) is 35.5 Å². The van der Waals surface area contributed by atoms with Gasteiger partial charge in [-0.1, -0.05) is 80.6 Å². The van der Waals surface area contributed by atoms with E-state index in [1.54, 1.807) is 0 Å². The standard InChI is InChI=1S/C12H25BrS/c1-2-3-4-5-6-7-8-9-10-11-12(13)14/h12,14H,2-11H2,1H3. The zero-order chi connectivity index (χ0) is 10.6. The topological polar surface area (TPSA) is 0 Å². The van der Waals surface area contributed by atoms with Crippen LogP contribution in [-0.2, 0) is 0 Å². The van der Waals surface area contributed by atoms with Gasteiger partial charge in [-0.25, -0.2) is 0 Å². The summed E-state index contributed by atoms with van der Waals surface area (Å²) in [4.78, 5) is 0. The lowest BCUT2D eigenvalue weighted by Gasteiger charge is -2.03. The van der Waals surface area contributed by atoms with E-state index >= 15 is 0 Å². The van der Waals surface area contributed by atoms with Crippen LogP contribution in [0.2, 0.25) is 0 Å². The van der Waals surface area contributed by atoms with Crippen LogP contribution in [0.1, 0.15) is 71.1 Å². The number of alkyl halides is 1. The third kappa shape index (κ3) is 12.8. The minimum atomic E-state index is 0.409. The minimum absolute atomic E-state index is 0.409. The lowest BCUT2D eigenvalue weighted by atomic mass is 10.1. The Labute approximate surface area is 104 Å². The first-order valence-corrected chi connectivity index (χ1v) is 7.52. The molecule has 0 spiro atoms. The minimum Gasteiger partial charge on any atom is -0.164 e. The van der Waals surface area contributed by atoms with Crippen LogP contribution in [0.4, 0.5) is 0 Å². The lowest BCUT2D eigenvalue weighted by molar-refractivity contribution is 0.562. The highest BCUT2D eigenvalue weighted by Crippen LogP contribution is 2.15. The molecule has 0 radical (unpaired) electrons. The molecule has 0 saturated heterocycles. The molecule has 0 aromatic heterocycles. The summed E-state index contributed by atoms with van der Waals surface area (Å²) in [6.45, 7) is 2.27. The molecule has 0 amide bonds. The van der Waals surface area contributed by atoms with Crippen molar-refractivity contribution in [2.24, 2.45) is 0 Å². The number of hydrogen-bond acceptors (Lipinski definition) is 1. The van der Waals surface area contributed by atoms with E-state index in [0.29, 0.717) is 4.16 Å². The molecule has 0 rings (SSSR count). The maximum Gasteiger partial charge on any atom is 0.0570 e. The first-order valence-electron chi connectivity index (χ1n) is 6.09. The van der Waals surface area contributed by atoms with Crippen molar-refractivity contribution in [3.05, 3.63) is 0 Å². The van der Waals surface area contributed by atoms with Gasteiger partial charge in [0.15, 0.2) is 0 Å².